The van der Waals surface area contributed by atoms with Crippen LogP contribution in [0.3, 0.4) is 0 Å². The lowest BCUT2D eigenvalue weighted by Gasteiger charge is -2.23. The third kappa shape index (κ3) is 4.83. The molecule has 0 unspecified atom stereocenters. The Morgan fingerprint density at radius 1 is 0.966 bits per heavy atom. The highest BCUT2D eigenvalue weighted by molar-refractivity contribution is 5.67. The van der Waals surface area contributed by atoms with Crippen LogP contribution < -0.4 is 15.4 Å². The van der Waals surface area contributed by atoms with Gasteiger partial charge in [0.1, 0.15) is 5.82 Å². The van der Waals surface area contributed by atoms with Crippen LogP contribution in [0.4, 0.5) is 21.8 Å². The van der Waals surface area contributed by atoms with E-state index in [1.54, 1.807) is 12.1 Å². The number of nitrogens with zero attached hydrogens (tertiary/aromatic N) is 2. The quantitative estimate of drug-likeness (QED) is 0.557. The first-order valence-electron chi connectivity index (χ1n) is 10.0. The summed E-state index contributed by atoms with van der Waals surface area (Å²) in [6.45, 7) is 0. The molecule has 6 heteroatoms. The SMILES string of the molecule is COc1ccc(Nc2cc(-c3ccccc3)nc(NC3CCCCC3)n2)cc1F. The number of rotatable bonds is 6. The van der Waals surface area contributed by atoms with Crippen LogP contribution in [0.2, 0.25) is 0 Å². The minimum atomic E-state index is -0.421. The molecule has 4 rings (SSSR count). The van der Waals surface area contributed by atoms with E-state index in [0.29, 0.717) is 23.5 Å². The van der Waals surface area contributed by atoms with Crippen LogP contribution in [0, 0.1) is 5.82 Å². The van der Waals surface area contributed by atoms with E-state index in [4.69, 9.17) is 9.72 Å². The van der Waals surface area contributed by atoms with E-state index >= 15 is 0 Å². The van der Waals surface area contributed by atoms with Gasteiger partial charge in [0, 0.05) is 29.4 Å². The van der Waals surface area contributed by atoms with Gasteiger partial charge in [0.15, 0.2) is 11.6 Å². The Kier molecular flexibility index (Phi) is 5.89. The van der Waals surface area contributed by atoms with E-state index in [0.717, 1.165) is 24.1 Å². The van der Waals surface area contributed by atoms with Crippen LogP contribution in [0.5, 0.6) is 5.75 Å². The first-order valence-corrected chi connectivity index (χ1v) is 10.0. The third-order valence-electron chi connectivity index (χ3n) is 5.16. The smallest absolute Gasteiger partial charge is 0.225 e. The van der Waals surface area contributed by atoms with E-state index in [1.165, 1.54) is 32.4 Å². The van der Waals surface area contributed by atoms with Crippen molar-refractivity contribution in [2.45, 2.75) is 38.1 Å². The lowest BCUT2D eigenvalue weighted by atomic mass is 9.96. The summed E-state index contributed by atoms with van der Waals surface area (Å²) in [5, 5.41) is 6.69. The number of hydrogen-bond acceptors (Lipinski definition) is 5. The molecule has 1 saturated carbocycles. The standard InChI is InChI=1S/C23H25FN4O/c1-29-21-13-12-18(14-19(21)24)25-22-15-20(16-8-4-2-5-9-16)27-23(28-22)26-17-10-6-3-7-11-17/h2,4-5,8-9,12-15,17H,3,6-7,10-11H2,1H3,(H2,25,26,27,28). The summed E-state index contributed by atoms with van der Waals surface area (Å²) in [5.74, 6) is 0.995. The number of benzene rings is 2. The van der Waals surface area contributed by atoms with Crippen molar-refractivity contribution >= 4 is 17.5 Å². The van der Waals surface area contributed by atoms with Crippen molar-refractivity contribution in [1.29, 1.82) is 0 Å². The molecule has 0 saturated heterocycles. The van der Waals surface area contributed by atoms with Crippen molar-refractivity contribution in [2.24, 2.45) is 0 Å². The molecular formula is C23H25FN4O. The number of nitrogens with one attached hydrogen (secondary N) is 2. The number of ether oxygens (including phenoxy) is 1. The van der Waals surface area contributed by atoms with Crippen LogP contribution in [0.1, 0.15) is 32.1 Å². The molecule has 0 bridgehead atoms. The molecule has 0 spiro atoms. The van der Waals surface area contributed by atoms with Crippen molar-refractivity contribution in [3.63, 3.8) is 0 Å². The molecule has 1 aromatic heterocycles. The van der Waals surface area contributed by atoms with Crippen molar-refractivity contribution < 1.29 is 9.13 Å². The van der Waals surface area contributed by atoms with Gasteiger partial charge in [-0.25, -0.2) is 9.37 Å². The summed E-state index contributed by atoms with van der Waals surface area (Å²) in [4.78, 5) is 9.36. The van der Waals surface area contributed by atoms with Crippen LogP contribution in [-0.2, 0) is 0 Å². The van der Waals surface area contributed by atoms with Gasteiger partial charge in [0.2, 0.25) is 5.95 Å². The van der Waals surface area contributed by atoms with Crippen molar-refractivity contribution in [1.82, 2.24) is 9.97 Å². The molecule has 2 aromatic carbocycles. The maximum absolute atomic E-state index is 14.1. The van der Waals surface area contributed by atoms with Gasteiger partial charge in [-0.2, -0.15) is 4.98 Å². The largest absolute Gasteiger partial charge is 0.494 e. The van der Waals surface area contributed by atoms with Gasteiger partial charge in [-0.3, -0.25) is 0 Å². The Morgan fingerprint density at radius 2 is 1.76 bits per heavy atom. The predicted octanol–water partition coefficient (Wildman–Crippen LogP) is 5.78. The maximum atomic E-state index is 14.1. The molecule has 1 aliphatic carbocycles. The van der Waals surface area contributed by atoms with E-state index in [1.807, 2.05) is 36.4 Å². The van der Waals surface area contributed by atoms with Gasteiger partial charge in [0.05, 0.1) is 12.8 Å². The molecule has 0 aliphatic heterocycles. The van der Waals surface area contributed by atoms with Crippen LogP contribution >= 0.6 is 0 Å². The monoisotopic (exact) mass is 392 g/mol. The molecule has 3 aromatic rings. The van der Waals surface area contributed by atoms with Crippen LogP contribution in [-0.4, -0.2) is 23.1 Å². The van der Waals surface area contributed by atoms with Gasteiger partial charge in [-0.1, -0.05) is 49.6 Å². The van der Waals surface area contributed by atoms with Gasteiger partial charge in [-0.05, 0) is 25.0 Å². The molecule has 29 heavy (non-hydrogen) atoms. The average Bonchev–Trinajstić information content (AvgIpc) is 2.75. The highest BCUT2D eigenvalue weighted by Gasteiger charge is 2.16. The predicted molar refractivity (Wildman–Crippen MR) is 114 cm³/mol. The van der Waals surface area contributed by atoms with Crippen molar-refractivity contribution in [3.05, 3.63) is 60.4 Å². The number of anilines is 3. The highest BCUT2D eigenvalue weighted by Crippen LogP contribution is 2.27. The van der Waals surface area contributed by atoms with E-state index in [9.17, 15) is 4.39 Å². The second-order valence-electron chi connectivity index (χ2n) is 7.28. The maximum Gasteiger partial charge on any atom is 0.225 e. The number of hydrogen-bond donors (Lipinski definition) is 2. The molecule has 0 amide bonds. The lowest BCUT2D eigenvalue weighted by Crippen LogP contribution is -2.23. The zero-order valence-corrected chi connectivity index (χ0v) is 16.5. The number of aromatic nitrogens is 2. The average molecular weight is 392 g/mol. The van der Waals surface area contributed by atoms with Gasteiger partial charge in [-0.15, -0.1) is 0 Å². The Labute approximate surface area is 170 Å². The molecule has 5 nitrogen and oxygen atoms in total. The number of halogens is 1. The second-order valence-corrected chi connectivity index (χ2v) is 7.28. The zero-order valence-electron chi connectivity index (χ0n) is 16.5. The van der Waals surface area contributed by atoms with Crippen LogP contribution in [0.25, 0.3) is 11.3 Å². The molecule has 1 aliphatic rings. The Bertz CT molecular complexity index is 958. The summed E-state index contributed by atoms with van der Waals surface area (Å²) in [7, 11) is 1.45. The van der Waals surface area contributed by atoms with Crippen molar-refractivity contribution in [3.8, 4) is 17.0 Å². The molecule has 0 radical (unpaired) electrons. The van der Waals surface area contributed by atoms with Gasteiger partial charge in [0.25, 0.3) is 0 Å². The fourth-order valence-corrected chi connectivity index (χ4v) is 3.65. The van der Waals surface area contributed by atoms with Crippen molar-refractivity contribution in [2.75, 3.05) is 17.7 Å². The second kappa shape index (κ2) is 8.90. The molecule has 0 atom stereocenters. The Morgan fingerprint density at radius 3 is 2.48 bits per heavy atom. The first kappa shape index (κ1) is 19.2. The molecule has 150 valence electrons. The fourth-order valence-electron chi connectivity index (χ4n) is 3.65. The van der Waals surface area contributed by atoms with E-state index in [-0.39, 0.29) is 5.75 Å². The van der Waals surface area contributed by atoms with Gasteiger partial charge >= 0.3 is 0 Å². The number of methoxy groups -OCH3 is 1. The van der Waals surface area contributed by atoms with Crippen LogP contribution in [0.15, 0.2) is 54.6 Å². The Balaban J connectivity index is 1.64. The zero-order chi connectivity index (χ0) is 20.1. The molecule has 2 N–H and O–H groups in total. The minimum absolute atomic E-state index is 0.211. The first-order chi connectivity index (χ1) is 14.2. The van der Waals surface area contributed by atoms with E-state index in [2.05, 4.69) is 15.6 Å². The fraction of sp³-hybridized carbons (Fsp3) is 0.304. The summed E-state index contributed by atoms with van der Waals surface area (Å²) in [6.07, 6.45) is 6.01. The van der Waals surface area contributed by atoms with Gasteiger partial charge < -0.3 is 15.4 Å². The normalized spacial score (nSPS) is 14.4. The summed E-state index contributed by atoms with van der Waals surface area (Å²) in [6, 6.07) is 17.0. The molecular weight excluding hydrogens is 367 g/mol. The minimum Gasteiger partial charge on any atom is -0.494 e. The Hall–Kier alpha value is -3.15. The third-order valence-corrected chi connectivity index (χ3v) is 5.16. The molecule has 1 heterocycles. The lowest BCUT2D eigenvalue weighted by molar-refractivity contribution is 0.386. The van der Waals surface area contributed by atoms with E-state index < -0.39 is 5.82 Å². The summed E-state index contributed by atoms with van der Waals surface area (Å²) >= 11 is 0. The summed E-state index contributed by atoms with van der Waals surface area (Å²) < 4.78 is 19.1. The molecule has 1 fully saturated rings. The topological polar surface area (TPSA) is 59.1 Å². The highest BCUT2D eigenvalue weighted by atomic mass is 19.1. The summed E-state index contributed by atoms with van der Waals surface area (Å²) in [5.41, 5.74) is 2.42.